The highest BCUT2D eigenvalue weighted by molar-refractivity contribution is 5.68. The van der Waals surface area contributed by atoms with Crippen molar-refractivity contribution in [1.29, 1.82) is 0 Å². The summed E-state index contributed by atoms with van der Waals surface area (Å²) in [6, 6.07) is 7.61. The summed E-state index contributed by atoms with van der Waals surface area (Å²) in [5, 5.41) is 0. The van der Waals surface area contributed by atoms with Crippen molar-refractivity contribution in [1.82, 2.24) is 0 Å². The van der Waals surface area contributed by atoms with Gasteiger partial charge in [-0.25, -0.2) is 8.78 Å². The van der Waals surface area contributed by atoms with E-state index >= 15 is 0 Å². The minimum Gasteiger partial charge on any atom is -0.396 e. The first kappa shape index (κ1) is 11.2. The van der Waals surface area contributed by atoms with Gasteiger partial charge in [0.15, 0.2) is 0 Å². The second-order valence-electron chi connectivity index (χ2n) is 4.33. The Labute approximate surface area is 103 Å². The number of halogens is 2. The third-order valence-corrected chi connectivity index (χ3v) is 3.12. The Bertz CT molecular complexity index is 625. The molecule has 0 aliphatic carbocycles. The van der Waals surface area contributed by atoms with Gasteiger partial charge < -0.3 is 10.5 Å². The monoisotopic (exact) mass is 247 g/mol. The molecular weight excluding hydrogens is 236 g/mol. The topological polar surface area (TPSA) is 35.2 Å². The summed E-state index contributed by atoms with van der Waals surface area (Å²) in [6.45, 7) is 1.09. The number of anilines is 1. The van der Waals surface area contributed by atoms with Crippen LogP contribution in [0.5, 0.6) is 0 Å². The van der Waals surface area contributed by atoms with Crippen molar-refractivity contribution >= 4 is 5.69 Å². The van der Waals surface area contributed by atoms with Crippen molar-refractivity contribution < 1.29 is 13.5 Å². The van der Waals surface area contributed by atoms with E-state index in [9.17, 15) is 8.78 Å². The molecule has 0 saturated carbocycles. The average Bonchev–Trinajstić information content (AvgIpc) is 2.80. The van der Waals surface area contributed by atoms with E-state index in [4.69, 9.17) is 10.5 Å². The Balaban J connectivity index is 2.12. The van der Waals surface area contributed by atoms with E-state index in [0.29, 0.717) is 18.8 Å². The average molecular weight is 247 g/mol. The SMILES string of the molecule is Nc1cc(F)c(-c2ccc3c(c2)COC3)cc1F. The predicted octanol–water partition coefficient (Wildman–Crippen LogP) is 3.24. The molecule has 18 heavy (non-hydrogen) atoms. The minimum atomic E-state index is -0.608. The van der Waals surface area contributed by atoms with E-state index in [1.807, 2.05) is 12.1 Å². The Morgan fingerprint density at radius 1 is 0.944 bits per heavy atom. The molecular formula is C14H11F2NO. The Morgan fingerprint density at radius 3 is 2.56 bits per heavy atom. The van der Waals surface area contributed by atoms with Gasteiger partial charge in [0.05, 0.1) is 18.9 Å². The summed E-state index contributed by atoms with van der Waals surface area (Å²) in [5.74, 6) is -1.13. The van der Waals surface area contributed by atoms with Gasteiger partial charge in [-0.15, -0.1) is 0 Å². The number of rotatable bonds is 1. The molecule has 0 amide bonds. The summed E-state index contributed by atoms with van der Waals surface area (Å²) in [5.41, 5.74) is 8.11. The van der Waals surface area contributed by atoms with E-state index in [-0.39, 0.29) is 11.3 Å². The molecule has 2 N–H and O–H groups in total. The van der Waals surface area contributed by atoms with Crippen molar-refractivity contribution in [3.63, 3.8) is 0 Å². The standard InChI is InChI=1S/C14H11F2NO/c15-12-5-14(17)13(16)4-11(12)8-1-2-9-6-18-7-10(9)3-8/h1-5H,6-7,17H2. The van der Waals surface area contributed by atoms with Crippen molar-refractivity contribution in [3.8, 4) is 11.1 Å². The molecule has 0 fully saturated rings. The summed E-state index contributed by atoms with van der Waals surface area (Å²) >= 11 is 0. The van der Waals surface area contributed by atoms with Crippen LogP contribution < -0.4 is 5.73 Å². The Kier molecular flexibility index (Phi) is 2.52. The second-order valence-corrected chi connectivity index (χ2v) is 4.33. The molecule has 2 aromatic carbocycles. The molecule has 0 spiro atoms. The maximum Gasteiger partial charge on any atom is 0.146 e. The van der Waals surface area contributed by atoms with Gasteiger partial charge in [-0.2, -0.15) is 0 Å². The number of ether oxygens (including phenoxy) is 1. The molecule has 0 saturated heterocycles. The van der Waals surface area contributed by atoms with Gasteiger partial charge in [0.25, 0.3) is 0 Å². The zero-order valence-electron chi connectivity index (χ0n) is 9.54. The van der Waals surface area contributed by atoms with Crippen LogP contribution in [-0.4, -0.2) is 0 Å². The van der Waals surface area contributed by atoms with Crippen LogP contribution in [0.1, 0.15) is 11.1 Å². The highest BCUT2D eigenvalue weighted by atomic mass is 19.1. The van der Waals surface area contributed by atoms with Crippen LogP contribution in [0, 0.1) is 11.6 Å². The van der Waals surface area contributed by atoms with Crippen LogP contribution in [0.25, 0.3) is 11.1 Å². The molecule has 0 atom stereocenters. The quantitative estimate of drug-likeness (QED) is 0.785. The van der Waals surface area contributed by atoms with E-state index in [1.54, 1.807) is 6.07 Å². The highest BCUT2D eigenvalue weighted by Crippen LogP contribution is 2.30. The van der Waals surface area contributed by atoms with E-state index in [0.717, 1.165) is 23.3 Å². The van der Waals surface area contributed by atoms with Gasteiger partial charge in [0, 0.05) is 11.6 Å². The molecule has 1 aliphatic rings. The maximum absolute atomic E-state index is 13.8. The molecule has 2 aromatic rings. The first-order chi connectivity index (χ1) is 8.65. The fraction of sp³-hybridized carbons (Fsp3) is 0.143. The third-order valence-electron chi connectivity index (χ3n) is 3.12. The molecule has 0 aromatic heterocycles. The number of hydrogen-bond donors (Lipinski definition) is 1. The van der Waals surface area contributed by atoms with E-state index < -0.39 is 11.6 Å². The van der Waals surface area contributed by atoms with Crippen LogP contribution in [0.2, 0.25) is 0 Å². The van der Waals surface area contributed by atoms with Gasteiger partial charge in [0.2, 0.25) is 0 Å². The smallest absolute Gasteiger partial charge is 0.146 e. The molecule has 92 valence electrons. The van der Waals surface area contributed by atoms with E-state index in [2.05, 4.69) is 0 Å². The normalized spacial score (nSPS) is 13.7. The van der Waals surface area contributed by atoms with Crippen LogP contribution >= 0.6 is 0 Å². The summed E-state index contributed by atoms with van der Waals surface area (Å²) in [6.07, 6.45) is 0. The van der Waals surface area contributed by atoms with Crippen LogP contribution in [0.3, 0.4) is 0 Å². The molecule has 0 unspecified atom stereocenters. The van der Waals surface area contributed by atoms with E-state index in [1.165, 1.54) is 0 Å². The molecule has 0 radical (unpaired) electrons. The van der Waals surface area contributed by atoms with Crippen molar-refractivity contribution in [2.45, 2.75) is 13.2 Å². The van der Waals surface area contributed by atoms with Crippen molar-refractivity contribution in [2.75, 3.05) is 5.73 Å². The van der Waals surface area contributed by atoms with Crippen LogP contribution in [0.15, 0.2) is 30.3 Å². The largest absolute Gasteiger partial charge is 0.396 e. The summed E-state index contributed by atoms with van der Waals surface area (Å²) < 4.78 is 32.5. The molecule has 0 bridgehead atoms. The van der Waals surface area contributed by atoms with Crippen LogP contribution in [0.4, 0.5) is 14.5 Å². The fourth-order valence-corrected chi connectivity index (χ4v) is 2.12. The number of nitrogen functional groups attached to an aromatic ring is 1. The minimum absolute atomic E-state index is 0.180. The van der Waals surface area contributed by atoms with Gasteiger partial charge >= 0.3 is 0 Å². The summed E-state index contributed by atoms with van der Waals surface area (Å²) in [7, 11) is 0. The van der Waals surface area contributed by atoms with Gasteiger partial charge in [0.1, 0.15) is 11.6 Å². The lowest BCUT2D eigenvalue weighted by Crippen LogP contribution is -1.95. The van der Waals surface area contributed by atoms with Crippen molar-refractivity contribution in [2.24, 2.45) is 0 Å². The maximum atomic E-state index is 13.8. The van der Waals surface area contributed by atoms with Gasteiger partial charge in [-0.1, -0.05) is 12.1 Å². The molecule has 3 rings (SSSR count). The van der Waals surface area contributed by atoms with Gasteiger partial charge in [-0.05, 0) is 28.8 Å². The fourth-order valence-electron chi connectivity index (χ4n) is 2.12. The molecule has 2 nitrogen and oxygen atoms in total. The molecule has 1 aliphatic heterocycles. The molecule has 4 heteroatoms. The van der Waals surface area contributed by atoms with Crippen molar-refractivity contribution in [3.05, 3.63) is 53.1 Å². The number of fused-ring (bicyclic) bond motifs is 1. The van der Waals surface area contributed by atoms with Gasteiger partial charge in [-0.3, -0.25) is 0 Å². The van der Waals surface area contributed by atoms with Crippen LogP contribution in [-0.2, 0) is 18.0 Å². The summed E-state index contributed by atoms with van der Waals surface area (Å²) in [4.78, 5) is 0. The molecule has 1 heterocycles. The number of nitrogens with two attached hydrogens (primary N) is 1. The zero-order chi connectivity index (χ0) is 12.7. The second kappa shape index (κ2) is 4.07. The Morgan fingerprint density at radius 2 is 1.72 bits per heavy atom. The number of hydrogen-bond acceptors (Lipinski definition) is 2. The first-order valence-corrected chi connectivity index (χ1v) is 5.59. The number of benzene rings is 2. The lowest BCUT2D eigenvalue weighted by Gasteiger charge is -2.07. The highest BCUT2D eigenvalue weighted by Gasteiger charge is 2.15. The first-order valence-electron chi connectivity index (χ1n) is 5.59. The third kappa shape index (κ3) is 1.75. The Hall–Kier alpha value is -1.94. The zero-order valence-corrected chi connectivity index (χ0v) is 9.54. The lowest BCUT2D eigenvalue weighted by atomic mass is 10.00. The lowest BCUT2D eigenvalue weighted by molar-refractivity contribution is 0.134. The predicted molar refractivity (Wildman–Crippen MR) is 64.7 cm³/mol.